The number of fused-ring (bicyclic) bond motifs is 1. The maximum atomic E-state index is 13.8. The quantitative estimate of drug-likeness (QED) is 0.619. The normalized spacial score (nSPS) is 15.4. The van der Waals surface area contributed by atoms with E-state index in [2.05, 4.69) is 5.32 Å². The number of halogens is 2. The number of nitriles is 1. The lowest BCUT2D eigenvalue weighted by atomic mass is 10.0. The summed E-state index contributed by atoms with van der Waals surface area (Å²) in [6.45, 7) is 4.18. The number of benzene rings is 2. The summed E-state index contributed by atoms with van der Waals surface area (Å²) in [6, 6.07) is 8.11. The third kappa shape index (κ3) is 4.12. The molecule has 0 unspecified atom stereocenters. The Labute approximate surface area is 161 Å². The molecule has 0 aliphatic carbocycles. The summed E-state index contributed by atoms with van der Waals surface area (Å²) in [5, 5.41) is 11.7. The highest BCUT2D eigenvalue weighted by Gasteiger charge is 2.22. The van der Waals surface area contributed by atoms with Crippen LogP contribution in [0, 0.1) is 23.0 Å². The van der Waals surface area contributed by atoms with Crippen molar-refractivity contribution in [2.24, 2.45) is 0 Å². The molecular weight excluding hydrogens is 366 g/mol. The minimum absolute atomic E-state index is 0.0314. The molecule has 7 heteroatoms. The van der Waals surface area contributed by atoms with Crippen molar-refractivity contribution >= 4 is 17.7 Å². The van der Waals surface area contributed by atoms with Crippen molar-refractivity contribution in [1.82, 2.24) is 0 Å². The van der Waals surface area contributed by atoms with Gasteiger partial charge >= 0.3 is 0 Å². The number of hydrogen-bond donors (Lipinski definition) is 1. The van der Waals surface area contributed by atoms with Crippen molar-refractivity contribution in [3.8, 4) is 17.6 Å². The number of hydrogen-bond acceptors (Lipinski definition) is 4. The van der Waals surface area contributed by atoms with Crippen molar-refractivity contribution in [2.75, 3.05) is 11.9 Å². The highest BCUT2D eigenvalue weighted by Crippen LogP contribution is 2.36. The van der Waals surface area contributed by atoms with E-state index in [0.717, 1.165) is 24.1 Å². The molecule has 1 N–H and O–H groups in total. The van der Waals surface area contributed by atoms with E-state index >= 15 is 0 Å². The Bertz CT molecular complexity index is 996. The smallest absolute Gasteiger partial charge is 0.266 e. The van der Waals surface area contributed by atoms with Crippen LogP contribution >= 0.6 is 0 Å². The third-order valence-electron chi connectivity index (χ3n) is 4.17. The van der Waals surface area contributed by atoms with E-state index in [4.69, 9.17) is 9.47 Å². The fourth-order valence-corrected chi connectivity index (χ4v) is 2.93. The van der Waals surface area contributed by atoms with Crippen LogP contribution in [0.2, 0.25) is 0 Å². The minimum Gasteiger partial charge on any atom is -0.493 e. The zero-order valence-electron chi connectivity index (χ0n) is 15.4. The van der Waals surface area contributed by atoms with Crippen LogP contribution in [0.25, 0.3) is 6.08 Å². The summed E-state index contributed by atoms with van der Waals surface area (Å²) < 4.78 is 38.1. The molecule has 0 aromatic heterocycles. The number of carbonyl (C=O) groups is 1. The molecule has 1 heterocycles. The van der Waals surface area contributed by atoms with Gasteiger partial charge < -0.3 is 14.8 Å². The Morgan fingerprint density at radius 2 is 2.18 bits per heavy atom. The summed E-state index contributed by atoms with van der Waals surface area (Å²) in [6.07, 6.45) is 2.13. The molecule has 0 bridgehead atoms. The van der Waals surface area contributed by atoms with E-state index in [1.54, 1.807) is 12.1 Å². The molecule has 0 saturated carbocycles. The van der Waals surface area contributed by atoms with Gasteiger partial charge in [-0.05, 0) is 44.2 Å². The largest absolute Gasteiger partial charge is 0.493 e. The molecule has 28 heavy (non-hydrogen) atoms. The minimum atomic E-state index is -0.930. The Morgan fingerprint density at radius 1 is 1.39 bits per heavy atom. The molecule has 2 aromatic rings. The number of anilines is 1. The van der Waals surface area contributed by atoms with Gasteiger partial charge in [-0.1, -0.05) is 0 Å². The van der Waals surface area contributed by atoms with E-state index in [1.165, 1.54) is 6.08 Å². The van der Waals surface area contributed by atoms with E-state index in [1.807, 2.05) is 19.9 Å². The summed E-state index contributed by atoms with van der Waals surface area (Å²) >= 11 is 0. The Balaban J connectivity index is 1.92. The predicted molar refractivity (Wildman–Crippen MR) is 100.0 cm³/mol. The molecule has 0 spiro atoms. The first kappa shape index (κ1) is 19.4. The third-order valence-corrected chi connectivity index (χ3v) is 4.17. The summed E-state index contributed by atoms with van der Waals surface area (Å²) in [4.78, 5) is 12.4. The van der Waals surface area contributed by atoms with Gasteiger partial charge in [0.2, 0.25) is 0 Å². The second-order valence-electron chi connectivity index (χ2n) is 6.31. The van der Waals surface area contributed by atoms with E-state index in [9.17, 15) is 18.8 Å². The number of rotatable bonds is 5. The van der Waals surface area contributed by atoms with E-state index in [0.29, 0.717) is 29.7 Å². The van der Waals surface area contributed by atoms with Crippen LogP contribution in [0.3, 0.4) is 0 Å². The first-order valence-electron chi connectivity index (χ1n) is 8.75. The summed E-state index contributed by atoms with van der Waals surface area (Å²) in [5.41, 5.74) is 1.02. The molecule has 144 valence electrons. The lowest BCUT2D eigenvalue weighted by Crippen LogP contribution is -2.14. The second-order valence-corrected chi connectivity index (χ2v) is 6.31. The lowest BCUT2D eigenvalue weighted by Gasteiger charge is -2.11. The Morgan fingerprint density at radius 3 is 2.86 bits per heavy atom. The van der Waals surface area contributed by atoms with Gasteiger partial charge in [-0.15, -0.1) is 0 Å². The fraction of sp³-hybridized carbons (Fsp3) is 0.238. The van der Waals surface area contributed by atoms with Crippen LogP contribution in [0.15, 0.2) is 35.9 Å². The van der Waals surface area contributed by atoms with Crippen LogP contribution in [-0.4, -0.2) is 18.6 Å². The molecule has 0 fully saturated rings. The molecule has 0 saturated heterocycles. The molecule has 1 aliphatic heterocycles. The number of ether oxygens (including phenoxy) is 2. The van der Waals surface area contributed by atoms with Gasteiger partial charge in [0, 0.05) is 23.6 Å². The number of nitrogens with one attached hydrogen (secondary N) is 1. The molecule has 5 nitrogen and oxygen atoms in total. The first-order chi connectivity index (χ1) is 13.4. The molecular formula is C21H18F2N2O3. The van der Waals surface area contributed by atoms with Gasteiger partial charge in [0.1, 0.15) is 40.9 Å². The number of nitrogens with zero attached hydrogens (tertiary/aromatic N) is 1. The average molecular weight is 384 g/mol. The van der Waals surface area contributed by atoms with E-state index in [-0.39, 0.29) is 17.4 Å². The van der Waals surface area contributed by atoms with Gasteiger partial charge in [0.25, 0.3) is 5.91 Å². The van der Waals surface area contributed by atoms with Crippen molar-refractivity contribution in [2.45, 2.75) is 26.4 Å². The van der Waals surface area contributed by atoms with Crippen molar-refractivity contribution in [3.63, 3.8) is 0 Å². The molecule has 1 aliphatic rings. The van der Waals surface area contributed by atoms with Gasteiger partial charge in [0.05, 0.1) is 12.3 Å². The molecule has 1 amide bonds. The zero-order valence-corrected chi connectivity index (χ0v) is 15.4. The van der Waals surface area contributed by atoms with Crippen molar-refractivity contribution in [1.29, 1.82) is 5.26 Å². The highest BCUT2D eigenvalue weighted by molar-refractivity contribution is 6.09. The highest BCUT2D eigenvalue weighted by atomic mass is 19.1. The summed E-state index contributed by atoms with van der Waals surface area (Å²) in [7, 11) is 0. The summed E-state index contributed by atoms with van der Waals surface area (Å²) in [5.74, 6) is -1.32. The topological polar surface area (TPSA) is 71.3 Å². The Kier molecular flexibility index (Phi) is 5.59. The van der Waals surface area contributed by atoms with Crippen LogP contribution < -0.4 is 14.8 Å². The molecule has 2 aromatic carbocycles. The standard InChI is InChI=1S/C21H18F2N2O3/c1-3-27-19-8-13-6-12(2)28-20(13)9-14(19)7-15(11-24)21(26)25-18-5-4-16(22)10-17(18)23/h4-5,7-10,12H,3,6H2,1-2H3,(H,25,26)/b15-7+/t12-/m1/s1. The van der Waals surface area contributed by atoms with Crippen molar-refractivity contribution in [3.05, 3.63) is 58.7 Å². The second kappa shape index (κ2) is 8.09. The van der Waals surface area contributed by atoms with Crippen LogP contribution in [0.5, 0.6) is 11.5 Å². The van der Waals surface area contributed by atoms with E-state index < -0.39 is 17.5 Å². The molecule has 0 radical (unpaired) electrons. The average Bonchev–Trinajstić information content (AvgIpc) is 3.01. The SMILES string of the molecule is CCOc1cc2c(cc1/C=C(\C#N)C(=O)Nc1ccc(F)cc1F)O[C@H](C)C2. The van der Waals surface area contributed by atoms with Gasteiger partial charge in [-0.25, -0.2) is 8.78 Å². The maximum Gasteiger partial charge on any atom is 0.266 e. The van der Waals surface area contributed by atoms with Crippen LogP contribution in [0.4, 0.5) is 14.5 Å². The van der Waals surface area contributed by atoms with Gasteiger partial charge in [-0.2, -0.15) is 5.26 Å². The number of carbonyl (C=O) groups excluding carboxylic acids is 1. The maximum absolute atomic E-state index is 13.8. The van der Waals surface area contributed by atoms with Crippen molar-refractivity contribution < 1.29 is 23.0 Å². The molecule has 1 atom stereocenters. The van der Waals surface area contributed by atoms with Gasteiger partial charge in [-0.3, -0.25) is 4.79 Å². The lowest BCUT2D eigenvalue weighted by molar-refractivity contribution is -0.112. The van der Waals surface area contributed by atoms with Crippen LogP contribution in [-0.2, 0) is 11.2 Å². The van der Waals surface area contributed by atoms with Gasteiger partial charge in [0.15, 0.2) is 0 Å². The Hall–Kier alpha value is -3.40. The molecule has 3 rings (SSSR count). The first-order valence-corrected chi connectivity index (χ1v) is 8.75. The predicted octanol–water partition coefficient (Wildman–Crippen LogP) is 4.23. The monoisotopic (exact) mass is 384 g/mol. The van der Waals surface area contributed by atoms with Crippen LogP contribution in [0.1, 0.15) is 25.0 Å². The fourth-order valence-electron chi connectivity index (χ4n) is 2.93. The zero-order chi connectivity index (χ0) is 20.3. The number of amides is 1.